The van der Waals surface area contributed by atoms with Crippen molar-refractivity contribution >= 4 is 5.57 Å². The van der Waals surface area contributed by atoms with Gasteiger partial charge in [-0.2, -0.15) is 0 Å². The topological polar surface area (TPSA) is 38.7 Å². The Kier molecular flexibility index (Phi) is 5.01. The molecular formula is C18H20O3. The normalized spacial score (nSPS) is 11.3. The molecule has 0 fully saturated rings. The monoisotopic (exact) mass is 284 g/mol. The molecule has 0 atom stereocenters. The number of hydrogen-bond acceptors (Lipinski definition) is 3. The van der Waals surface area contributed by atoms with Crippen molar-refractivity contribution in [1.29, 1.82) is 0 Å². The van der Waals surface area contributed by atoms with Crippen molar-refractivity contribution in [3.05, 3.63) is 54.1 Å². The number of ether oxygens (including phenoxy) is 2. The standard InChI is InChI=1S/C18H20O3/c1-13(11-12-19)14-7-9-15(10-8-14)18-16(20-2)5-4-6-17(18)21-3/h4-11,19H,12H2,1-3H3. The lowest BCUT2D eigenvalue weighted by Crippen LogP contribution is -1.93. The molecule has 0 aliphatic carbocycles. The smallest absolute Gasteiger partial charge is 0.130 e. The van der Waals surface area contributed by atoms with Crippen LogP contribution in [0.15, 0.2) is 48.5 Å². The minimum atomic E-state index is 0.0495. The van der Waals surface area contributed by atoms with Gasteiger partial charge in [0.25, 0.3) is 0 Å². The summed E-state index contributed by atoms with van der Waals surface area (Å²) in [7, 11) is 3.31. The summed E-state index contributed by atoms with van der Waals surface area (Å²) in [5.74, 6) is 1.56. The Labute approximate surface area is 125 Å². The van der Waals surface area contributed by atoms with Crippen LogP contribution in [0.5, 0.6) is 11.5 Å². The molecule has 0 spiro atoms. The van der Waals surface area contributed by atoms with Gasteiger partial charge < -0.3 is 14.6 Å². The number of hydrogen-bond donors (Lipinski definition) is 1. The SMILES string of the molecule is COc1cccc(OC)c1-c1ccc(C(C)=CCO)cc1. The first-order valence-electron chi connectivity index (χ1n) is 6.80. The van der Waals surface area contributed by atoms with E-state index in [1.807, 2.05) is 49.4 Å². The summed E-state index contributed by atoms with van der Waals surface area (Å²) < 4.78 is 10.9. The molecule has 0 saturated heterocycles. The van der Waals surface area contributed by atoms with Gasteiger partial charge in [-0.15, -0.1) is 0 Å². The van der Waals surface area contributed by atoms with Crippen LogP contribution in [0.1, 0.15) is 12.5 Å². The van der Waals surface area contributed by atoms with Crippen molar-refractivity contribution in [3.8, 4) is 22.6 Å². The predicted molar refractivity (Wildman–Crippen MR) is 85.7 cm³/mol. The Morgan fingerprint density at radius 3 is 2.05 bits per heavy atom. The van der Waals surface area contributed by atoms with Crippen LogP contribution in [0.3, 0.4) is 0 Å². The van der Waals surface area contributed by atoms with Gasteiger partial charge in [-0.3, -0.25) is 0 Å². The zero-order chi connectivity index (χ0) is 15.2. The fourth-order valence-corrected chi connectivity index (χ4v) is 2.29. The summed E-state index contributed by atoms with van der Waals surface area (Å²) >= 11 is 0. The molecule has 0 saturated carbocycles. The molecular weight excluding hydrogens is 264 g/mol. The van der Waals surface area contributed by atoms with Crippen LogP contribution in [-0.2, 0) is 0 Å². The van der Waals surface area contributed by atoms with Gasteiger partial charge in [0.2, 0.25) is 0 Å². The minimum absolute atomic E-state index is 0.0495. The molecule has 0 aliphatic heterocycles. The van der Waals surface area contributed by atoms with E-state index in [-0.39, 0.29) is 6.61 Å². The number of benzene rings is 2. The van der Waals surface area contributed by atoms with Crippen molar-refractivity contribution in [2.75, 3.05) is 20.8 Å². The van der Waals surface area contributed by atoms with Crippen molar-refractivity contribution < 1.29 is 14.6 Å². The molecule has 0 heterocycles. The summed E-state index contributed by atoms with van der Waals surface area (Å²) in [5, 5.41) is 8.96. The number of aliphatic hydroxyl groups excluding tert-OH is 1. The number of rotatable bonds is 5. The predicted octanol–water partition coefficient (Wildman–Crippen LogP) is 3.77. The third kappa shape index (κ3) is 3.26. The molecule has 3 nitrogen and oxygen atoms in total. The van der Waals surface area contributed by atoms with E-state index in [9.17, 15) is 0 Å². The highest BCUT2D eigenvalue weighted by Gasteiger charge is 2.12. The fraction of sp³-hybridized carbons (Fsp3) is 0.222. The van der Waals surface area contributed by atoms with Crippen molar-refractivity contribution in [1.82, 2.24) is 0 Å². The third-order valence-electron chi connectivity index (χ3n) is 3.45. The Balaban J connectivity index is 2.46. The maximum atomic E-state index is 8.96. The Morgan fingerprint density at radius 2 is 1.57 bits per heavy atom. The molecule has 0 amide bonds. The van der Waals surface area contributed by atoms with Gasteiger partial charge in [0.05, 0.1) is 26.4 Å². The lowest BCUT2D eigenvalue weighted by Gasteiger charge is -2.13. The zero-order valence-corrected chi connectivity index (χ0v) is 12.6. The molecule has 0 radical (unpaired) electrons. The summed E-state index contributed by atoms with van der Waals surface area (Å²) in [4.78, 5) is 0. The largest absolute Gasteiger partial charge is 0.496 e. The first-order chi connectivity index (χ1) is 10.2. The van der Waals surface area contributed by atoms with Gasteiger partial charge in [-0.05, 0) is 35.8 Å². The van der Waals surface area contributed by atoms with Gasteiger partial charge in [0, 0.05) is 0 Å². The van der Waals surface area contributed by atoms with Crippen LogP contribution in [0, 0.1) is 0 Å². The average molecular weight is 284 g/mol. The van der Waals surface area contributed by atoms with E-state index in [2.05, 4.69) is 0 Å². The highest BCUT2D eigenvalue weighted by atomic mass is 16.5. The Morgan fingerprint density at radius 1 is 1.00 bits per heavy atom. The second kappa shape index (κ2) is 6.95. The van der Waals surface area contributed by atoms with Crippen molar-refractivity contribution in [2.45, 2.75) is 6.92 Å². The molecule has 0 aliphatic rings. The van der Waals surface area contributed by atoms with Gasteiger partial charge in [-0.1, -0.05) is 36.4 Å². The summed E-state index contributed by atoms with van der Waals surface area (Å²) in [6.45, 7) is 2.03. The van der Waals surface area contributed by atoms with E-state index < -0.39 is 0 Å². The van der Waals surface area contributed by atoms with Gasteiger partial charge in [0.15, 0.2) is 0 Å². The first kappa shape index (κ1) is 15.1. The Hall–Kier alpha value is -2.26. The van der Waals surface area contributed by atoms with E-state index in [4.69, 9.17) is 14.6 Å². The molecule has 2 rings (SSSR count). The molecule has 0 aromatic heterocycles. The summed E-state index contributed by atoms with van der Waals surface area (Å²) in [6.07, 6.45) is 1.79. The van der Waals surface area contributed by atoms with Gasteiger partial charge >= 0.3 is 0 Å². The molecule has 2 aromatic carbocycles. The van der Waals surface area contributed by atoms with E-state index in [0.29, 0.717) is 0 Å². The highest BCUT2D eigenvalue weighted by Crippen LogP contribution is 2.38. The molecule has 21 heavy (non-hydrogen) atoms. The molecule has 0 unspecified atom stereocenters. The van der Waals surface area contributed by atoms with E-state index >= 15 is 0 Å². The zero-order valence-electron chi connectivity index (χ0n) is 12.6. The first-order valence-corrected chi connectivity index (χ1v) is 6.80. The Bertz CT molecular complexity index is 605. The number of aliphatic hydroxyl groups is 1. The molecule has 3 heteroatoms. The average Bonchev–Trinajstić information content (AvgIpc) is 2.54. The van der Waals surface area contributed by atoms with Crippen LogP contribution >= 0.6 is 0 Å². The van der Waals surface area contributed by atoms with Gasteiger partial charge in [0.1, 0.15) is 11.5 Å². The molecule has 0 bridgehead atoms. The summed E-state index contributed by atoms with van der Waals surface area (Å²) in [5.41, 5.74) is 4.11. The fourth-order valence-electron chi connectivity index (χ4n) is 2.29. The summed E-state index contributed by atoms with van der Waals surface area (Å²) in [6, 6.07) is 13.9. The second-order valence-electron chi connectivity index (χ2n) is 4.68. The quantitative estimate of drug-likeness (QED) is 0.908. The highest BCUT2D eigenvalue weighted by molar-refractivity contribution is 5.78. The van der Waals surface area contributed by atoms with Crippen LogP contribution in [-0.4, -0.2) is 25.9 Å². The minimum Gasteiger partial charge on any atom is -0.496 e. The van der Waals surface area contributed by atoms with Crippen LogP contribution in [0.25, 0.3) is 16.7 Å². The van der Waals surface area contributed by atoms with Crippen LogP contribution < -0.4 is 9.47 Å². The third-order valence-corrected chi connectivity index (χ3v) is 3.45. The molecule has 2 aromatic rings. The van der Waals surface area contributed by atoms with E-state index in [0.717, 1.165) is 33.8 Å². The number of allylic oxidation sites excluding steroid dienone is 1. The van der Waals surface area contributed by atoms with E-state index in [1.165, 1.54) is 0 Å². The maximum absolute atomic E-state index is 8.96. The second-order valence-corrected chi connectivity index (χ2v) is 4.68. The lowest BCUT2D eigenvalue weighted by molar-refractivity contribution is 0.343. The molecule has 110 valence electrons. The molecule has 1 N–H and O–H groups in total. The van der Waals surface area contributed by atoms with Crippen LogP contribution in [0.4, 0.5) is 0 Å². The van der Waals surface area contributed by atoms with Crippen molar-refractivity contribution in [2.24, 2.45) is 0 Å². The number of methoxy groups -OCH3 is 2. The van der Waals surface area contributed by atoms with Gasteiger partial charge in [-0.25, -0.2) is 0 Å². The van der Waals surface area contributed by atoms with Crippen molar-refractivity contribution in [3.63, 3.8) is 0 Å². The van der Waals surface area contributed by atoms with Crippen LogP contribution in [0.2, 0.25) is 0 Å². The maximum Gasteiger partial charge on any atom is 0.130 e. The lowest BCUT2D eigenvalue weighted by atomic mass is 9.99. The van der Waals surface area contributed by atoms with E-state index in [1.54, 1.807) is 20.3 Å².